The van der Waals surface area contributed by atoms with Crippen molar-refractivity contribution in [3.05, 3.63) is 12.7 Å². The molecule has 0 radical (unpaired) electrons. The van der Waals surface area contributed by atoms with E-state index in [0.717, 1.165) is 6.32 Å². The Hall–Kier alpha value is -0.595. The first-order valence-electron chi connectivity index (χ1n) is 2.23. The normalized spacial score (nSPS) is 26.0. The molecule has 36 valence electrons. The zero-order chi connectivity index (χ0) is 5.11. The van der Waals surface area contributed by atoms with Crippen molar-refractivity contribution in [2.75, 3.05) is 0 Å². The molecule has 0 spiro atoms. The monoisotopic (exact) mass is 95.1 g/mol. The van der Waals surface area contributed by atoms with Gasteiger partial charge in [-0.2, -0.15) is 0 Å². The summed E-state index contributed by atoms with van der Waals surface area (Å²) in [5.41, 5.74) is 0. The molecule has 0 N–H and O–H groups in total. The Morgan fingerprint density at radius 2 is 2.86 bits per heavy atom. The standard InChI is InChI=1S/C4H6BNO/c1-2-4-3-5-6-7-4/h2,4H,1,3H2. The Morgan fingerprint density at radius 3 is 3.14 bits per heavy atom. The van der Waals surface area contributed by atoms with Crippen molar-refractivity contribution in [1.82, 2.24) is 0 Å². The van der Waals surface area contributed by atoms with Gasteiger partial charge >= 0.3 is 42.0 Å². The van der Waals surface area contributed by atoms with Gasteiger partial charge in [0.15, 0.2) is 0 Å². The summed E-state index contributed by atoms with van der Waals surface area (Å²) in [7, 11) is 1.74. The first-order chi connectivity index (χ1) is 3.43. The van der Waals surface area contributed by atoms with E-state index in [1.165, 1.54) is 0 Å². The topological polar surface area (TPSA) is 21.6 Å². The van der Waals surface area contributed by atoms with Crippen LogP contribution in [0.3, 0.4) is 0 Å². The zero-order valence-corrected chi connectivity index (χ0v) is 4.00. The van der Waals surface area contributed by atoms with E-state index >= 15 is 0 Å². The molecule has 1 atom stereocenters. The quantitative estimate of drug-likeness (QED) is 0.348. The fourth-order valence-corrected chi connectivity index (χ4v) is 0.450. The van der Waals surface area contributed by atoms with Crippen LogP contribution in [0, 0.1) is 0 Å². The van der Waals surface area contributed by atoms with Gasteiger partial charge in [0.05, 0.1) is 0 Å². The second-order valence-corrected chi connectivity index (χ2v) is 1.40. The first-order valence-corrected chi connectivity index (χ1v) is 2.23. The van der Waals surface area contributed by atoms with Crippen LogP contribution in [0.5, 0.6) is 0 Å². The molecule has 0 aromatic rings. The molecule has 1 aliphatic heterocycles. The summed E-state index contributed by atoms with van der Waals surface area (Å²) in [5.74, 6) is 0. The van der Waals surface area contributed by atoms with Gasteiger partial charge in [0.1, 0.15) is 0 Å². The molecule has 0 aromatic carbocycles. The van der Waals surface area contributed by atoms with E-state index in [4.69, 9.17) is 4.84 Å². The molecule has 0 fully saturated rings. The van der Waals surface area contributed by atoms with Gasteiger partial charge in [0, 0.05) is 0 Å². The molecular formula is C4H6BNO. The predicted octanol–water partition coefficient (Wildman–Crippen LogP) is 0.792. The molecule has 0 saturated carbocycles. The van der Waals surface area contributed by atoms with E-state index in [1.54, 1.807) is 13.1 Å². The van der Waals surface area contributed by atoms with E-state index in [2.05, 4.69) is 11.6 Å². The summed E-state index contributed by atoms with van der Waals surface area (Å²) in [5, 5.41) is 3.54. The van der Waals surface area contributed by atoms with Gasteiger partial charge in [0.25, 0.3) is 0 Å². The maximum absolute atomic E-state index is 4.75. The Morgan fingerprint density at radius 1 is 2.00 bits per heavy atom. The fourth-order valence-electron chi connectivity index (χ4n) is 0.450. The molecule has 0 aliphatic carbocycles. The van der Waals surface area contributed by atoms with Crippen LogP contribution >= 0.6 is 0 Å². The van der Waals surface area contributed by atoms with Crippen molar-refractivity contribution in [2.24, 2.45) is 5.06 Å². The predicted molar refractivity (Wildman–Crippen MR) is 28.1 cm³/mol. The molecule has 1 aliphatic rings. The number of nitrogens with zero attached hydrogens (tertiary/aromatic N) is 1. The first kappa shape index (κ1) is 4.56. The van der Waals surface area contributed by atoms with Gasteiger partial charge < -0.3 is 0 Å². The summed E-state index contributed by atoms with van der Waals surface area (Å²) in [4.78, 5) is 4.75. The molecular weight excluding hydrogens is 88.9 g/mol. The van der Waals surface area contributed by atoms with Gasteiger partial charge in [-0.1, -0.05) is 0 Å². The second-order valence-electron chi connectivity index (χ2n) is 1.40. The van der Waals surface area contributed by atoms with Crippen LogP contribution in [-0.2, 0) is 4.84 Å². The average Bonchev–Trinajstić information content (AvgIpc) is 2.14. The molecule has 0 bridgehead atoms. The summed E-state index contributed by atoms with van der Waals surface area (Å²) in [6.07, 6.45) is 2.76. The Labute approximate surface area is 43.1 Å². The molecule has 1 unspecified atom stereocenters. The van der Waals surface area contributed by atoms with Crippen LogP contribution in [0.1, 0.15) is 0 Å². The minimum absolute atomic E-state index is 0.139. The van der Waals surface area contributed by atoms with Crippen LogP contribution in [0.2, 0.25) is 6.32 Å². The van der Waals surface area contributed by atoms with E-state index in [0.29, 0.717) is 0 Å². The van der Waals surface area contributed by atoms with Crippen LogP contribution in [-0.4, -0.2) is 13.2 Å². The summed E-state index contributed by atoms with van der Waals surface area (Å²) in [6, 6.07) is 0. The molecule has 1 heterocycles. The minimum atomic E-state index is 0.139. The molecule has 2 nitrogen and oxygen atoms in total. The molecule has 0 saturated heterocycles. The van der Waals surface area contributed by atoms with E-state index in [9.17, 15) is 0 Å². The third-order valence-corrected chi connectivity index (χ3v) is 0.871. The van der Waals surface area contributed by atoms with Crippen molar-refractivity contribution in [3.63, 3.8) is 0 Å². The summed E-state index contributed by atoms with van der Waals surface area (Å²) in [6.45, 7) is 3.54. The molecule has 0 amide bonds. The molecule has 0 aromatic heterocycles. The van der Waals surface area contributed by atoms with Crippen molar-refractivity contribution < 1.29 is 4.84 Å². The maximum atomic E-state index is 4.75. The summed E-state index contributed by atoms with van der Waals surface area (Å²) < 4.78 is 0. The number of rotatable bonds is 1. The number of hydrogen-bond acceptors (Lipinski definition) is 2. The molecule has 7 heavy (non-hydrogen) atoms. The van der Waals surface area contributed by atoms with E-state index in [1.807, 2.05) is 0 Å². The third kappa shape index (κ3) is 0.887. The van der Waals surface area contributed by atoms with Crippen LogP contribution in [0.15, 0.2) is 17.7 Å². The van der Waals surface area contributed by atoms with Gasteiger partial charge in [-0.15, -0.1) is 0 Å². The Kier molecular flexibility index (Phi) is 1.25. The Balaban J connectivity index is 2.35. The average molecular weight is 94.9 g/mol. The fraction of sp³-hybridized carbons (Fsp3) is 0.500. The summed E-state index contributed by atoms with van der Waals surface area (Å²) >= 11 is 0. The number of hydrogen-bond donors (Lipinski definition) is 0. The Bertz CT molecular complexity index is 93.9. The molecule has 1 rings (SSSR count). The van der Waals surface area contributed by atoms with Gasteiger partial charge in [0.2, 0.25) is 0 Å². The van der Waals surface area contributed by atoms with Crippen LogP contribution in [0.4, 0.5) is 0 Å². The third-order valence-electron chi connectivity index (χ3n) is 0.871. The zero-order valence-electron chi connectivity index (χ0n) is 4.00. The van der Waals surface area contributed by atoms with Gasteiger partial charge in [-0.25, -0.2) is 0 Å². The SMILES string of the molecule is C=CC1CB=NO1. The van der Waals surface area contributed by atoms with E-state index < -0.39 is 0 Å². The molecule has 3 heteroatoms. The van der Waals surface area contributed by atoms with E-state index in [-0.39, 0.29) is 6.10 Å². The van der Waals surface area contributed by atoms with Crippen LogP contribution in [0.25, 0.3) is 0 Å². The van der Waals surface area contributed by atoms with Crippen molar-refractivity contribution >= 4 is 7.07 Å². The second kappa shape index (κ2) is 1.91. The van der Waals surface area contributed by atoms with Crippen molar-refractivity contribution in [3.8, 4) is 0 Å². The van der Waals surface area contributed by atoms with Gasteiger partial charge in [-0.3, -0.25) is 0 Å². The van der Waals surface area contributed by atoms with Crippen LogP contribution < -0.4 is 0 Å². The van der Waals surface area contributed by atoms with Gasteiger partial charge in [-0.05, 0) is 0 Å². The van der Waals surface area contributed by atoms with Crippen molar-refractivity contribution in [2.45, 2.75) is 12.4 Å². The van der Waals surface area contributed by atoms with Crippen molar-refractivity contribution in [1.29, 1.82) is 0 Å².